The summed E-state index contributed by atoms with van der Waals surface area (Å²) in [6.45, 7) is 3.84. The monoisotopic (exact) mass is 204 g/mol. The van der Waals surface area contributed by atoms with Crippen LogP contribution in [0.3, 0.4) is 0 Å². The summed E-state index contributed by atoms with van der Waals surface area (Å²) in [7, 11) is 0. The average Bonchev–Trinajstić information content (AvgIpc) is 2.58. The molecule has 0 saturated carbocycles. The molecule has 2 aliphatic heterocycles. The van der Waals surface area contributed by atoms with Gasteiger partial charge >= 0.3 is 0 Å². The number of nitrogens with zero attached hydrogens (tertiary/aromatic N) is 1. The van der Waals surface area contributed by atoms with E-state index in [-0.39, 0.29) is 6.10 Å². The third-order valence-corrected chi connectivity index (χ3v) is 3.38. The molecule has 1 aromatic rings. The Hall–Kier alpha value is -1.22. The smallest absolute Gasteiger partial charge is 0.0735 e. The molecule has 2 heterocycles. The molecule has 0 aliphatic carbocycles. The zero-order chi connectivity index (χ0) is 10.4. The van der Waals surface area contributed by atoms with E-state index in [1.807, 2.05) is 0 Å². The zero-order valence-electron chi connectivity index (χ0n) is 8.90. The fraction of sp³-hybridized carbons (Fsp3) is 0.500. The van der Waals surface area contributed by atoms with Crippen LogP contribution in [0, 0.1) is 6.92 Å². The second-order valence-electron chi connectivity index (χ2n) is 4.60. The molecule has 3 rings (SSSR count). The molecule has 0 aromatic heterocycles. The second-order valence-corrected chi connectivity index (χ2v) is 4.60. The molecule has 0 spiro atoms. The van der Waals surface area contributed by atoms with Crippen LogP contribution in [0.25, 0.3) is 0 Å². The predicted octanol–water partition coefficient (Wildman–Crippen LogP) is 1.36. The molecule has 2 N–H and O–H groups in total. The summed E-state index contributed by atoms with van der Waals surface area (Å²) >= 11 is 0. The minimum Gasteiger partial charge on any atom is -0.391 e. The highest BCUT2D eigenvalue weighted by Crippen LogP contribution is 2.36. The Labute approximate surface area is 89.7 Å². The largest absolute Gasteiger partial charge is 0.391 e. The normalized spacial score (nSPS) is 28.3. The Kier molecular flexibility index (Phi) is 1.89. The third kappa shape index (κ3) is 1.38. The molecule has 0 amide bonds. The van der Waals surface area contributed by atoms with Crippen molar-refractivity contribution in [1.82, 2.24) is 0 Å². The molecule has 1 saturated heterocycles. The van der Waals surface area contributed by atoms with Gasteiger partial charge in [-0.1, -0.05) is 6.07 Å². The summed E-state index contributed by atoms with van der Waals surface area (Å²) in [4.78, 5) is 2.34. The van der Waals surface area contributed by atoms with Gasteiger partial charge < -0.3 is 15.3 Å². The first-order valence-electron chi connectivity index (χ1n) is 5.53. The Morgan fingerprint density at radius 1 is 1.47 bits per heavy atom. The molecule has 2 unspecified atom stereocenters. The van der Waals surface area contributed by atoms with Gasteiger partial charge in [0.1, 0.15) is 0 Å². The fourth-order valence-electron chi connectivity index (χ4n) is 2.64. The van der Waals surface area contributed by atoms with Gasteiger partial charge in [-0.15, -0.1) is 0 Å². The molecular weight excluding hydrogens is 188 g/mol. The number of anilines is 2. The first kappa shape index (κ1) is 9.04. The van der Waals surface area contributed by atoms with E-state index in [1.54, 1.807) is 0 Å². The van der Waals surface area contributed by atoms with Crippen molar-refractivity contribution >= 4 is 11.4 Å². The number of hydrogen-bond acceptors (Lipinski definition) is 3. The molecule has 1 fully saturated rings. The van der Waals surface area contributed by atoms with Crippen LogP contribution >= 0.6 is 0 Å². The molecule has 3 heteroatoms. The Bertz CT molecular complexity index is 391. The van der Waals surface area contributed by atoms with E-state index in [9.17, 15) is 5.11 Å². The Morgan fingerprint density at radius 2 is 2.33 bits per heavy atom. The van der Waals surface area contributed by atoms with Gasteiger partial charge in [-0.05, 0) is 31.0 Å². The first-order chi connectivity index (χ1) is 7.24. The summed E-state index contributed by atoms with van der Waals surface area (Å²) in [6, 6.07) is 6.92. The number of hydrogen-bond donors (Lipinski definition) is 2. The minimum absolute atomic E-state index is 0.164. The van der Waals surface area contributed by atoms with Crippen LogP contribution in [0.5, 0.6) is 0 Å². The zero-order valence-corrected chi connectivity index (χ0v) is 8.90. The average molecular weight is 204 g/mol. The minimum atomic E-state index is -0.164. The van der Waals surface area contributed by atoms with Crippen LogP contribution in [0.4, 0.5) is 11.4 Å². The summed E-state index contributed by atoms with van der Waals surface area (Å²) in [5, 5.41) is 13.1. The van der Waals surface area contributed by atoms with Crippen LogP contribution in [-0.4, -0.2) is 30.3 Å². The number of nitrogens with one attached hydrogen (secondary N) is 1. The molecule has 1 aromatic carbocycles. The van der Waals surface area contributed by atoms with E-state index in [2.05, 4.69) is 35.3 Å². The molecular formula is C12H16N2O. The van der Waals surface area contributed by atoms with Crippen LogP contribution in [0.15, 0.2) is 18.2 Å². The number of rotatable bonds is 0. The fourth-order valence-corrected chi connectivity index (χ4v) is 2.64. The van der Waals surface area contributed by atoms with Gasteiger partial charge in [-0.25, -0.2) is 0 Å². The van der Waals surface area contributed by atoms with E-state index in [4.69, 9.17) is 0 Å². The predicted molar refractivity (Wildman–Crippen MR) is 61.4 cm³/mol. The molecule has 0 radical (unpaired) electrons. The Morgan fingerprint density at radius 3 is 3.20 bits per heavy atom. The van der Waals surface area contributed by atoms with Gasteiger partial charge in [0.05, 0.1) is 17.5 Å². The summed E-state index contributed by atoms with van der Waals surface area (Å²) in [5.41, 5.74) is 3.73. The Balaban J connectivity index is 2.03. The van der Waals surface area contributed by atoms with Crippen LogP contribution in [0.1, 0.15) is 12.0 Å². The number of aryl methyl sites for hydroxylation is 1. The van der Waals surface area contributed by atoms with Crippen molar-refractivity contribution in [2.75, 3.05) is 23.3 Å². The quantitative estimate of drug-likeness (QED) is 0.670. The lowest BCUT2D eigenvalue weighted by Gasteiger charge is -2.34. The standard InChI is InChI=1S/C12H16N2O/c1-8-2-3-11-12(4-8)14-7-10(15)5-9(14)6-13-11/h2-4,9-10,13,15H,5-7H2,1H3. The van der Waals surface area contributed by atoms with Crippen molar-refractivity contribution < 1.29 is 5.11 Å². The summed E-state index contributed by atoms with van der Waals surface area (Å²) < 4.78 is 0. The van der Waals surface area contributed by atoms with Gasteiger partial charge in [0.2, 0.25) is 0 Å². The molecule has 2 atom stereocenters. The van der Waals surface area contributed by atoms with Crippen LogP contribution in [-0.2, 0) is 0 Å². The summed E-state index contributed by atoms with van der Waals surface area (Å²) in [6.07, 6.45) is 0.726. The van der Waals surface area contributed by atoms with Crippen molar-refractivity contribution in [2.45, 2.75) is 25.5 Å². The van der Waals surface area contributed by atoms with E-state index >= 15 is 0 Å². The molecule has 2 aliphatic rings. The van der Waals surface area contributed by atoms with Gasteiger partial charge in [0, 0.05) is 19.1 Å². The lowest BCUT2D eigenvalue weighted by molar-refractivity contribution is 0.195. The van der Waals surface area contributed by atoms with Crippen LogP contribution in [0.2, 0.25) is 0 Å². The molecule has 15 heavy (non-hydrogen) atoms. The number of aliphatic hydroxyl groups is 1. The first-order valence-corrected chi connectivity index (χ1v) is 5.53. The van der Waals surface area contributed by atoms with E-state index in [0.29, 0.717) is 6.04 Å². The van der Waals surface area contributed by atoms with Crippen molar-refractivity contribution in [2.24, 2.45) is 0 Å². The molecule has 80 valence electrons. The maximum atomic E-state index is 9.69. The maximum Gasteiger partial charge on any atom is 0.0735 e. The SMILES string of the molecule is Cc1ccc2c(c1)N1CC(O)CC1CN2. The van der Waals surface area contributed by atoms with Crippen LogP contribution < -0.4 is 10.2 Å². The van der Waals surface area contributed by atoms with Gasteiger partial charge in [0.15, 0.2) is 0 Å². The highest BCUT2D eigenvalue weighted by atomic mass is 16.3. The number of benzene rings is 1. The molecule has 3 nitrogen and oxygen atoms in total. The third-order valence-electron chi connectivity index (χ3n) is 3.38. The highest BCUT2D eigenvalue weighted by molar-refractivity contribution is 5.74. The lowest BCUT2D eigenvalue weighted by atomic mass is 10.1. The van der Waals surface area contributed by atoms with Gasteiger partial charge in [-0.3, -0.25) is 0 Å². The van der Waals surface area contributed by atoms with Gasteiger partial charge in [-0.2, -0.15) is 0 Å². The van der Waals surface area contributed by atoms with Crippen molar-refractivity contribution in [3.63, 3.8) is 0 Å². The van der Waals surface area contributed by atoms with E-state index in [1.165, 1.54) is 16.9 Å². The number of fused-ring (bicyclic) bond motifs is 3. The van der Waals surface area contributed by atoms with E-state index in [0.717, 1.165) is 19.5 Å². The molecule has 0 bridgehead atoms. The van der Waals surface area contributed by atoms with Crippen molar-refractivity contribution in [3.8, 4) is 0 Å². The topological polar surface area (TPSA) is 35.5 Å². The second kappa shape index (κ2) is 3.14. The van der Waals surface area contributed by atoms with E-state index < -0.39 is 0 Å². The summed E-state index contributed by atoms with van der Waals surface area (Å²) in [5.74, 6) is 0. The van der Waals surface area contributed by atoms with Crippen molar-refractivity contribution in [1.29, 1.82) is 0 Å². The highest BCUT2D eigenvalue weighted by Gasteiger charge is 2.34. The maximum absolute atomic E-state index is 9.69. The number of aliphatic hydroxyl groups excluding tert-OH is 1. The van der Waals surface area contributed by atoms with Crippen molar-refractivity contribution in [3.05, 3.63) is 23.8 Å². The van der Waals surface area contributed by atoms with Gasteiger partial charge in [0.25, 0.3) is 0 Å². The lowest BCUT2D eigenvalue weighted by Crippen LogP contribution is -2.39.